The highest BCUT2D eigenvalue weighted by Gasteiger charge is 2.41. The van der Waals surface area contributed by atoms with Crippen LogP contribution in [0.3, 0.4) is 0 Å². The van der Waals surface area contributed by atoms with Crippen molar-refractivity contribution in [2.75, 3.05) is 9.80 Å². The lowest BCUT2D eigenvalue weighted by Crippen LogP contribution is -2.40. The highest BCUT2D eigenvalue weighted by Crippen LogP contribution is 2.59. The van der Waals surface area contributed by atoms with Crippen LogP contribution < -0.4 is 19.3 Å². The van der Waals surface area contributed by atoms with Crippen molar-refractivity contribution < 1.29 is 13.9 Å². The fourth-order valence-corrected chi connectivity index (χ4v) is 8.12. The molecule has 55 heavy (non-hydrogen) atoms. The van der Waals surface area contributed by atoms with Gasteiger partial charge in [0.05, 0.1) is 23.1 Å². The maximum absolute atomic E-state index is 6.98. The molecule has 5 heteroatoms. The molecule has 10 rings (SSSR count). The van der Waals surface area contributed by atoms with Crippen molar-refractivity contribution in [1.29, 1.82) is 0 Å². The molecule has 264 valence electrons. The number of fused-ring (bicyclic) bond motifs is 7. The van der Waals surface area contributed by atoms with Gasteiger partial charge in [-0.15, -0.1) is 6.42 Å². The summed E-state index contributed by atoms with van der Waals surface area (Å²) in [5, 5.41) is 2.14. The van der Waals surface area contributed by atoms with E-state index in [-0.39, 0.29) is 6.04 Å². The predicted molar refractivity (Wildman–Crippen MR) is 224 cm³/mol. The highest BCUT2D eigenvalue weighted by atomic mass is 16.5. The number of hydrogen-bond acceptors (Lipinski definition) is 5. The zero-order valence-electron chi connectivity index (χ0n) is 30.5. The van der Waals surface area contributed by atoms with Crippen molar-refractivity contribution in [3.05, 3.63) is 180 Å². The third kappa shape index (κ3) is 5.34. The van der Waals surface area contributed by atoms with Crippen molar-refractivity contribution in [3.63, 3.8) is 0 Å². The summed E-state index contributed by atoms with van der Waals surface area (Å²) in [5.74, 6) is 5.91. The second-order valence-electron chi connectivity index (χ2n) is 14.0. The summed E-state index contributed by atoms with van der Waals surface area (Å²) >= 11 is 0. The summed E-state index contributed by atoms with van der Waals surface area (Å²) < 4.78 is 20.6. The SMILES string of the molecule is C#C/C(=C\C=C/C)C1=CCC2C(=C1)Oc1cc(N(c3ccccc3)c3c(C)ccc4c3oc3ccccc34)cc3c1N2c1ccc(-c2ccccc2)cc1O3. The Morgan fingerprint density at radius 2 is 1.55 bits per heavy atom. The molecule has 7 aromatic rings. The minimum absolute atomic E-state index is 0.0939. The molecule has 1 aliphatic carbocycles. The van der Waals surface area contributed by atoms with E-state index in [4.69, 9.17) is 20.3 Å². The molecule has 1 unspecified atom stereocenters. The van der Waals surface area contributed by atoms with Crippen LogP contribution in [0.15, 0.2) is 179 Å². The van der Waals surface area contributed by atoms with Gasteiger partial charge in [-0.3, -0.25) is 0 Å². The van der Waals surface area contributed by atoms with E-state index in [0.717, 1.165) is 89.7 Å². The predicted octanol–water partition coefficient (Wildman–Crippen LogP) is 13.4. The molecule has 0 saturated carbocycles. The van der Waals surface area contributed by atoms with Gasteiger partial charge in [0.2, 0.25) is 0 Å². The Morgan fingerprint density at radius 1 is 0.782 bits per heavy atom. The molecule has 6 aromatic carbocycles. The molecular weight excluding hydrogens is 677 g/mol. The van der Waals surface area contributed by atoms with E-state index < -0.39 is 0 Å². The van der Waals surface area contributed by atoms with Gasteiger partial charge in [0.1, 0.15) is 17.0 Å². The average Bonchev–Trinajstić information content (AvgIpc) is 3.61. The largest absolute Gasteiger partial charge is 0.457 e. The number of allylic oxidation sites excluding steroid dienone is 6. The third-order valence-corrected chi connectivity index (χ3v) is 10.7. The summed E-state index contributed by atoms with van der Waals surface area (Å²) in [6.45, 7) is 4.12. The standard InChI is InChI=1S/C50H36N2O3/c1-4-6-15-33(5-2)35-23-26-41-44(28-35)53-46-30-38(31-47-49(46)52(41)42-27-24-36(29-45(42)54-47)34-16-9-7-10-17-34)51(37-18-11-8-12-19-37)48-32(3)22-25-40-39-20-13-14-21-43(39)55-50(40)48/h2,4,6-25,27-31,41H,26H2,1,3H3/b6-4-,33-15+. The van der Waals surface area contributed by atoms with Crippen molar-refractivity contribution in [1.82, 2.24) is 0 Å². The van der Waals surface area contributed by atoms with Gasteiger partial charge in [0.25, 0.3) is 0 Å². The monoisotopic (exact) mass is 712 g/mol. The minimum atomic E-state index is -0.0939. The first kappa shape index (κ1) is 32.5. The third-order valence-electron chi connectivity index (χ3n) is 10.7. The maximum atomic E-state index is 6.98. The number of furan rings is 1. The normalized spacial score (nSPS) is 15.7. The molecule has 0 bridgehead atoms. The smallest absolute Gasteiger partial charge is 0.159 e. The molecule has 0 radical (unpaired) electrons. The van der Waals surface area contributed by atoms with Crippen LogP contribution in [0.4, 0.5) is 28.4 Å². The van der Waals surface area contributed by atoms with E-state index in [1.807, 2.05) is 49.4 Å². The average molecular weight is 713 g/mol. The molecule has 0 fully saturated rings. The Morgan fingerprint density at radius 3 is 2.35 bits per heavy atom. The molecule has 2 aliphatic heterocycles. The number of benzene rings is 6. The Bertz CT molecular complexity index is 2830. The van der Waals surface area contributed by atoms with E-state index in [0.29, 0.717) is 17.9 Å². The van der Waals surface area contributed by atoms with Crippen molar-refractivity contribution in [3.8, 4) is 40.7 Å². The lowest BCUT2D eigenvalue weighted by molar-refractivity contribution is 0.348. The van der Waals surface area contributed by atoms with Gasteiger partial charge < -0.3 is 23.7 Å². The molecule has 0 saturated heterocycles. The first-order valence-electron chi connectivity index (χ1n) is 18.6. The molecule has 1 atom stereocenters. The molecule has 3 heterocycles. The van der Waals surface area contributed by atoms with Crippen LogP contribution in [-0.4, -0.2) is 6.04 Å². The quantitative estimate of drug-likeness (QED) is 0.127. The van der Waals surface area contributed by atoms with Gasteiger partial charge >= 0.3 is 0 Å². The first-order chi connectivity index (χ1) is 27.1. The Balaban J connectivity index is 1.20. The van der Waals surface area contributed by atoms with Crippen LogP contribution in [0.1, 0.15) is 18.9 Å². The fourth-order valence-electron chi connectivity index (χ4n) is 8.12. The van der Waals surface area contributed by atoms with Crippen molar-refractivity contribution in [2.45, 2.75) is 26.3 Å². The van der Waals surface area contributed by atoms with Gasteiger partial charge in [-0.05, 0) is 85.0 Å². The van der Waals surface area contributed by atoms with E-state index in [9.17, 15) is 0 Å². The summed E-state index contributed by atoms with van der Waals surface area (Å²) in [7, 11) is 0. The number of anilines is 5. The zero-order valence-corrected chi connectivity index (χ0v) is 30.5. The van der Waals surface area contributed by atoms with E-state index in [1.165, 1.54) is 0 Å². The van der Waals surface area contributed by atoms with Crippen LogP contribution >= 0.6 is 0 Å². The second kappa shape index (κ2) is 13.1. The Hall–Kier alpha value is -7.16. The maximum Gasteiger partial charge on any atom is 0.159 e. The number of aryl methyl sites for hydroxylation is 1. The number of para-hydroxylation sites is 2. The number of hydrogen-bond donors (Lipinski definition) is 0. The van der Waals surface area contributed by atoms with Crippen molar-refractivity contribution in [2.24, 2.45) is 0 Å². The Labute approximate surface area is 320 Å². The zero-order chi connectivity index (χ0) is 37.0. The number of rotatable bonds is 6. The van der Waals surface area contributed by atoms with Gasteiger partial charge in [0.15, 0.2) is 22.8 Å². The van der Waals surface area contributed by atoms with Crippen LogP contribution in [-0.2, 0) is 0 Å². The molecule has 0 amide bonds. The number of ether oxygens (including phenoxy) is 2. The van der Waals surface area contributed by atoms with Gasteiger partial charge in [0, 0.05) is 34.2 Å². The van der Waals surface area contributed by atoms with Gasteiger partial charge in [-0.1, -0.05) is 109 Å². The minimum Gasteiger partial charge on any atom is -0.457 e. The topological polar surface area (TPSA) is 38.1 Å². The highest BCUT2D eigenvalue weighted by molar-refractivity contribution is 6.11. The molecule has 5 nitrogen and oxygen atoms in total. The van der Waals surface area contributed by atoms with Gasteiger partial charge in [-0.2, -0.15) is 0 Å². The van der Waals surface area contributed by atoms with Crippen LogP contribution in [0.25, 0.3) is 33.1 Å². The summed E-state index contributed by atoms with van der Waals surface area (Å²) in [5.41, 5.74) is 11.4. The Kier molecular flexibility index (Phi) is 7.71. The van der Waals surface area contributed by atoms with E-state index in [1.54, 1.807) is 0 Å². The lowest BCUT2D eigenvalue weighted by atomic mass is 9.91. The number of terminal acetylenes is 1. The lowest BCUT2D eigenvalue weighted by Gasteiger charge is -2.44. The van der Waals surface area contributed by atoms with Crippen LogP contribution in [0.2, 0.25) is 0 Å². The number of nitrogens with zero attached hydrogens (tertiary/aromatic N) is 2. The van der Waals surface area contributed by atoms with E-state index >= 15 is 0 Å². The van der Waals surface area contributed by atoms with Gasteiger partial charge in [-0.25, -0.2) is 0 Å². The summed E-state index contributed by atoms with van der Waals surface area (Å²) in [6, 6.07) is 44.0. The summed E-state index contributed by atoms with van der Waals surface area (Å²) in [4.78, 5) is 4.64. The van der Waals surface area contributed by atoms with Crippen LogP contribution in [0, 0.1) is 19.3 Å². The molecule has 0 N–H and O–H groups in total. The molecule has 3 aliphatic rings. The summed E-state index contributed by atoms with van der Waals surface area (Å²) in [6.07, 6.45) is 17.0. The van der Waals surface area contributed by atoms with Crippen LogP contribution in [0.5, 0.6) is 17.2 Å². The molecule has 1 aromatic heterocycles. The first-order valence-corrected chi connectivity index (χ1v) is 18.6. The second-order valence-corrected chi connectivity index (χ2v) is 14.0. The molecular formula is C50H36N2O3. The molecule has 0 spiro atoms. The fraction of sp³-hybridized carbons (Fsp3) is 0.0800. The van der Waals surface area contributed by atoms with Crippen molar-refractivity contribution >= 4 is 50.4 Å². The van der Waals surface area contributed by atoms with E-state index in [2.05, 4.69) is 138 Å².